The Kier molecular flexibility index (Phi) is 5.30. The monoisotopic (exact) mass is 379 g/mol. The molecule has 6 heteroatoms. The maximum atomic E-state index is 12.7. The van der Waals surface area contributed by atoms with Crippen molar-refractivity contribution in [1.29, 1.82) is 0 Å². The van der Waals surface area contributed by atoms with Crippen molar-refractivity contribution >= 4 is 16.8 Å². The molecule has 0 radical (unpaired) electrons. The second kappa shape index (κ2) is 8.02. The Hall–Kier alpha value is -2.86. The number of nitrogens with zero attached hydrogens (tertiary/aromatic N) is 1. The number of ether oxygens (including phenoxy) is 1. The van der Waals surface area contributed by atoms with E-state index in [-0.39, 0.29) is 24.0 Å². The van der Waals surface area contributed by atoms with Crippen LogP contribution in [-0.4, -0.2) is 34.2 Å². The minimum Gasteiger partial charge on any atom is -0.495 e. The van der Waals surface area contributed by atoms with E-state index in [9.17, 15) is 9.90 Å². The maximum absolute atomic E-state index is 12.7. The van der Waals surface area contributed by atoms with Gasteiger partial charge in [0, 0.05) is 29.7 Å². The Morgan fingerprint density at radius 2 is 2.18 bits per heavy atom. The number of pyridine rings is 1. The van der Waals surface area contributed by atoms with Gasteiger partial charge < -0.3 is 20.1 Å². The average molecular weight is 379 g/mol. The molecule has 1 fully saturated rings. The molecule has 1 aliphatic rings. The molecule has 3 aromatic rings. The third-order valence-electron chi connectivity index (χ3n) is 5.56. The van der Waals surface area contributed by atoms with Gasteiger partial charge in [0.05, 0.1) is 25.5 Å². The average Bonchev–Trinajstić information content (AvgIpc) is 3.11. The zero-order chi connectivity index (χ0) is 19.5. The Labute approximate surface area is 163 Å². The number of aliphatic hydroxyl groups excluding tert-OH is 1. The van der Waals surface area contributed by atoms with Crippen molar-refractivity contribution < 1.29 is 14.6 Å². The molecule has 146 valence electrons. The molecule has 28 heavy (non-hydrogen) atoms. The topological polar surface area (TPSA) is 87.2 Å². The SMILES string of the molecule is COc1cncc([C@H](NC(=O)CCc2c[nH]c3ccccc23)C2CC(O)C2)c1. The van der Waals surface area contributed by atoms with Gasteiger partial charge in [0.1, 0.15) is 5.75 Å². The zero-order valence-corrected chi connectivity index (χ0v) is 15.9. The Morgan fingerprint density at radius 3 is 2.96 bits per heavy atom. The fourth-order valence-corrected chi connectivity index (χ4v) is 3.92. The summed E-state index contributed by atoms with van der Waals surface area (Å²) in [5.41, 5.74) is 3.14. The number of carbonyl (C=O) groups excluding carboxylic acids is 1. The molecular weight excluding hydrogens is 354 g/mol. The molecule has 1 aliphatic carbocycles. The van der Waals surface area contributed by atoms with Crippen molar-refractivity contribution in [2.24, 2.45) is 5.92 Å². The molecule has 1 saturated carbocycles. The van der Waals surface area contributed by atoms with Crippen LogP contribution < -0.4 is 10.1 Å². The molecule has 0 spiro atoms. The Morgan fingerprint density at radius 1 is 1.36 bits per heavy atom. The van der Waals surface area contributed by atoms with Crippen molar-refractivity contribution in [3.05, 3.63) is 60.0 Å². The van der Waals surface area contributed by atoms with Crippen molar-refractivity contribution in [2.75, 3.05) is 7.11 Å². The first-order valence-electron chi connectivity index (χ1n) is 9.65. The molecule has 3 N–H and O–H groups in total. The lowest BCUT2D eigenvalue weighted by atomic mass is 9.75. The smallest absolute Gasteiger partial charge is 0.220 e. The Balaban J connectivity index is 1.44. The van der Waals surface area contributed by atoms with Gasteiger partial charge in [0.2, 0.25) is 5.91 Å². The Bertz CT molecular complexity index is 962. The quantitative estimate of drug-likeness (QED) is 0.589. The molecule has 1 amide bonds. The number of aryl methyl sites for hydroxylation is 1. The number of nitrogens with one attached hydrogen (secondary N) is 2. The molecule has 2 aromatic heterocycles. The number of hydrogen-bond acceptors (Lipinski definition) is 4. The first-order valence-corrected chi connectivity index (χ1v) is 9.65. The summed E-state index contributed by atoms with van der Waals surface area (Å²) in [5, 5.41) is 14.0. The summed E-state index contributed by atoms with van der Waals surface area (Å²) in [7, 11) is 1.60. The van der Waals surface area contributed by atoms with Crippen molar-refractivity contribution in [3.63, 3.8) is 0 Å². The molecule has 6 nitrogen and oxygen atoms in total. The van der Waals surface area contributed by atoms with Crippen LogP contribution in [0.5, 0.6) is 5.75 Å². The molecular formula is C22H25N3O3. The molecule has 0 unspecified atom stereocenters. The second-order valence-corrected chi connectivity index (χ2v) is 7.45. The fraction of sp³-hybridized carbons (Fsp3) is 0.364. The van der Waals surface area contributed by atoms with Gasteiger partial charge in [0.15, 0.2) is 0 Å². The molecule has 1 atom stereocenters. The minimum atomic E-state index is -0.283. The van der Waals surface area contributed by atoms with Gasteiger partial charge >= 0.3 is 0 Å². The highest BCUT2D eigenvalue weighted by Crippen LogP contribution is 2.38. The number of hydrogen-bond donors (Lipinski definition) is 3. The van der Waals surface area contributed by atoms with E-state index in [1.165, 1.54) is 0 Å². The van der Waals surface area contributed by atoms with Crippen LogP contribution in [0.15, 0.2) is 48.9 Å². The lowest BCUT2D eigenvalue weighted by molar-refractivity contribution is -0.123. The van der Waals surface area contributed by atoms with Gasteiger partial charge in [-0.05, 0) is 48.4 Å². The number of carbonyl (C=O) groups is 1. The highest BCUT2D eigenvalue weighted by molar-refractivity contribution is 5.84. The number of benzene rings is 1. The van der Waals surface area contributed by atoms with Crippen LogP contribution in [-0.2, 0) is 11.2 Å². The van der Waals surface area contributed by atoms with Gasteiger partial charge in [-0.25, -0.2) is 0 Å². The van der Waals surface area contributed by atoms with Crippen LogP contribution in [0.2, 0.25) is 0 Å². The number of H-pyrrole nitrogens is 1. The summed E-state index contributed by atoms with van der Waals surface area (Å²) in [6.07, 6.45) is 7.55. The normalized spacial score (nSPS) is 19.8. The first kappa shape index (κ1) is 18.5. The van der Waals surface area contributed by atoms with Gasteiger partial charge in [0.25, 0.3) is 0 Å². The number of para-hydroxylation sites is 1. The van der Waals surface area contributed by atoms with Gasteiger partial charge in [-0.1, -0.05) is 18.2 Å². The molecule has 4 rings (SSSR count). The van der Waals surface area contributed by atoms with Crippen LogP contribution >= 0.6 is 0 Å². The van der Waals surface area contributed by atoms with Gasteiger partial charge in [-0.15, -0.1) is 0 Å². The van der Waals surface area contributed by atoms with E-state index in [4.69, 9.17) is 4.74 Å². The molecule has 0 bridgehead atoms. The van der Waals surface area contributed by atoms with E-state index in [1.807, 2.05) is 30.5 Å². The maximum Gasteiger partial charge on any atom is 0.220 e. The summed E-state index contributed by atoms with van der Waals surface area (Å²) in [5.74, 6) is 0.871. The summed E-state index contributed by atoms with van der Waals surface area (Å²) in [6, 6.07) is 9.85. The lowest BCUT2D eigenvalue weighted by Gasteiger charge is -2.38. The third kappa shape index (κ3) is 3.87. The number of amides is 1. The number of aromatic nitrogens is 2. The van der Waals surface area contributed by atoms with Gasteiger partial charge in [-0.3, -0.25) is 9.78 Å². The highest BCUT2D eigenvalue weighted by atomic mass is 16.5. The third-order valence-corrected chi connectivity index (χ3v) is 5.56. The first-order chi connectivity index (χ1) is 13.6. The molecule has 1 aromatic carbocycles. The summed E-state index contributed by atoms with van der Waals surface area (Å²) >= 11 is 0. The largest absolute Gasteiger partial charge is 0.495 e. The summed E-state index contributed by atoms with van der Waals surface area (Å²) < 4.78 is 5.27. The second-order valence-electron chi connectivity index (χ2n) is 7.45. The van der Waals surface area contributed by atoms with Crippen LogP contribution in [0.25, 0.3) is 10.9 Å². The van der Waals surface area contributed by atoms with E-state index in [2.05, 4.69) is 21.4 Å². The summed E-state index contributed by atoms with van der Waals surface area (Å²) in [4.78, 5) is 20.2. The molecule has 0 aliphatic heterocycles. The van der Waals surface area contributed by atoms with Crippen LogP contribution in [0.3, 0.4) is 0 Å². The highest BCUT2D eigenvalue weighted by Gasteiger charge is 2.36. The van der Waals surface area contributed by atoms with Crippen LogP contribution in [0.1, 0.15) is 36.4 Å². The summed E-state index contributed by atoms with van der Waals surface area (Å²) in [6.45, 7) is 0. The van der Waals surface area contributed by atoms with E-state index in [0.717, 1.165) is 22.0 Å². The van der Waals surface area contributed by atoms with Crippen molar-refractivity contribution in [3.8, 4) is 5.75 Å². The van der Waals surface area contributed by atoms with E-state index < -0.39 is 0 Å². The predicted molar refractivity (Wildman–Crippen MR) is 107 cm³/mol. The molecule has 0 saturated heterocycles. The fourth-order valence-electron chi connectivity index (χ4n) is 3.92. The van der Waals surface area contributed by atoms with Crippen molar-refractivity contribution in [2.45, 2.75) is 37.8 Å². The minimum absolute atomic E-state index is 0.000471. The predicted octanol–water partition coefficient (Wildman–Crippen LogP) is 3.13. The van der Waals surface area contributed by atoms with Crippen LogP contribution in [0.4, 0.5) is 0 Å². The number of aromatic amines is 1. The van der Waals surface area contributed by atoms with E-state index in [0.29, 0.717) is 31.4 Å². The number of rotatable bonds is 7. The number of aliphatic hydroxyl groups is 1. The van der Waals surface area contributed by atoms with E-state index in [1.54, 1.807) is 19.5 Å². The zero-order valence-electron chi connectivity index (χ0n) is 15.9. The lowest BCUT2D eigenvalue weighted by Crippen LogP contribution is -2.41. The van der Waals surface area contributed by atoms with E-state index >= 15 is 0 Å². The number of methoxy groups -OCH3 is 1. The molecule has 2 heterocycles. The van der Waals surface area contributed by atoms with Gasteiger partial charge in [-0.2, -0.15) is 0 Å². The van der Waals surface area contributed by atoms with Crippen molar-refractivity contribution in [1.82, 2.24) is 15.3 Å². The standard InChI is InChI=1S/C22H25N3O3/c1-28-18-10-16(11-23-13-18)22(15-8-17(26)9-15)25-21(27)7-6-14-12-24-20-5-3-2-4-19(14)20/h2-5,10-13,15,17,22,24,26H,6-9H2,1H3,(H,25,27)/t15?,17?,22-/m1/s1. The van der Waals surface area contributed by atoms with Crippen LogP contribution in [0, 0.1) is 5.92 Å². The number of fused-ring (bicyclic) bond motifs is 1.